The number of likely N-dealkylation sites (N-methyl/N-ethyl adjacent to an activating group) is 1. The van der Waals surface area contributed by atoms with Crippen LogP contribution < -0.4 is 15.2 Å². The van der Waals surface area contributed by atoms with Gasteiger partial charge in [-0.15, -0.1) is 0 Å². The molecule has 0 bridgehead atoms. The largest absolute Gasteiger partial charge is 0.493 e. The average Bonchev–Trinajstić information content (AvgIpc) is 2.71. The lowest BCUT2D eigenvalue weighted by molar-refractivity contribution is 0.0705. The van der Waals surface area contributed by atoms with Crippen LogP contribution in [-0.2, 0) is 6.54 Å². The highest BCUT2D eigenvalue weighted by atomic mass is 16.5. The zero-order chi connectivity index (χ0) is 20.5. The molecule has 2 rings (SSSR count). The molecule has 8 heteroatoms. The third-order valence-corrected chi connectivity index (χ3v) is 5.11. The van der Waals surface area contributed by atoms with Crippen LogP contribution in [0.25, 0.3) is 0 Å². The number of rotatable bonds is 10. The van der Waals surface area contributed by atoms with Gasteiger partial charge in [-0.3, -0.25) is 4.90 Å². The van der Waals surface area contributed by atoms with Crippen molar-refractivity contribution in [1.29, 1.82) is 0 Å². The standard InChI is InChI=1S/C20H34N4O4/c1-4-22(5-2)14-17(25)15-28-18-7-6-16(12-19(18)27-3)13-23-8-10-24(11-9-23)20(21)26/h6-7,12,17,25H,4-5,8-11,13-15H2,1-3H3,(H2,21,26). The molecule has 1 aromatic carbocycles. The summed E-state index contributed by atoms with van der Waals surface area (Å²) in [6.45, 7) is 10.4. The number of carbonyl (C=O) groups excluding carboxylic acids is 1. The summed E-state index contributed by atoms with van der Waals surface area (Å²) < 4.78 is 11.3. The van der Waals surface area contributed by atoms with E-state index >= 15 is 0 Å². The van der Waals surface area contributed by atoms with Gasteiger partial charge in [0.2, 0.25) is 0 Å². The number of piperazine rings is 1. The lowest BCUT2D eigenvalue weighted by Crippen LogP contribution is -2.50. The Balaban J connectivity index is 1.88. The molecular formula is C20H34N4O4. The molecule has 8 nitrogen and oxygen atoms in total. The SMILES string of the molecule is CCN(CC)CC(O)COc1ccc(CN2CCN(C(N)=O)CC2)cc1OC. The maximum atomic E-state index is 11.2. The number of aliphatic hydroxyl groups excluding tert-OH is 1. The van der Waals surface area contributed by atoms with Gasteiger partial charge >= 0.3 is 6.03 Å². The minimum absolute atomic E-state index is 0.223. The zero-order valence-corrected chi connectivity index (χ0v) is 17.3. The minimum Gasteiger partial charge on any atom is -0.493 e. The van der Waals surface area contributed by atoms with Crippen LogP contribution in [0.3, 0.4) is 0 Å². The first kappa shape index (κ1) is 22.3. The Kier molecular flexibility index (Phi) is 8.82. The van der Waals surface area contributed by atoms with Gasteiger partial charge in [0, 0.05) is 39.3 Å². The summed E-state index contributed by atoms with van der Waals surface area (Å²) in [5, 5.41) is 10.2. The topological polar surface area (TPSA) is 91.5 Å². The molecule has 1 aliphatic rings. The van der Waals surface area contributed by atoms with E-state index in [0.29, 0.717) is 31.1 Å². The van der Waals surface area contributed by atoms with Gasteiger partial charge in [0.05, 0.1) is 7.11 Å². The van der Waals surface area contributed by atoms with Crippen molar-refractivity contribution < 1.29 is 19.4 Å². The molecule has 0 saturated carbocycles. The van der Waals surface area contributed by atoms with Gasteiger partial charge in [0.15, 0.2) is 11.5 Å². The van der Waals surface area contributed by atoms with E-state index < -0.39 is 6.10 Å². The lowest BCUT2D eigenvalue weighted by atomic mass is 10.1. The van der Waals surface area contributed by atoms with Crippen LogP contribution in [0.2, 0.25) is 0 Å². The molecule has 0 aromatic heterocycles. The summed E-state index contributed by atoms with van der Waals surface area (Å²) in [4.78, 5) is 17.3. The number of nitrogens with zero attached hydrogens (tertiary/aromatic N) is 3. The second kappa shape index (κ2) is 11.1. The molecule has 1 fully saturated rings. The first-order valence-corrected chi connectivity index (χ1v) is 9.93. The average molecular weight is 395 g/mol. The van der Waals surface area contributed by atoms with E-state index in [1.807, 2.05) is 18.2 Å². The lowest BCUT2D eigenvalue weighted by Gasteiger charge is -2.33. The molecule has 28 heavy (non-hydrogen) atoms. The second-order valence-corrected chi connectivity index (χ2v) is 7.04. The Morgan fingerprint density at radius 2 is 1.89 bits per heavy atom. The molecule has 1 unspecified atom stereocenters. The summed E-state index contributed by atoms with van der Waals surface area (Å²) in [5.74, 6) is 1.28. The van der Waals surface area contributed by atoms with Crippen LogP contribution in [0.1, 0.15) is 19.4 Å². The Hall–Kier alpha value is -2.03. The number of methoxy groups -OCH3 is 1. The first-order valence-electron chi connectivity index (χ1n) is 9.93. The molecule has 1 aliphatic heterocycles. The van der Waals surface area contributed by atoms with Crippen LogP contribution in [0.15, 0.2) is 18.2 Å². The van der Waals surface area contributed by atoms with E-state index in [1.165, 1.54) is 0 Å². The molecule has 3 N–H and O–H groups in total. The summed E-state index contributed by atoms with van der Waals surface area (Å²) in [5.41, 5.74) is 6.44. The highest BCUT2D eigenvalue weighted by Gasteiger charge is 2.19. The molecule has 1 aromatic rings. The van der Waals surface area contributed by atoms with Crippen LogP contribution in [0, 0.1) is 0 Å². The van der Waals surface area contributed by atoms with E-state index in [4.69, 9.17) is 15.2 Å². The Labute approximate surface area is 167 Å². The summed E-state index contributed by atoms with van der Waals surface area (Å²) in [6.07, 6.45) is -0.550. The van der Waals surface area contributed by atoms with Gasteiger partial charge in [-0.05, 0) is 30.8 Å². The van der Waals surface area contributed by atoms with E-state index in [-0.39, 0.29) is 12.6 Å². The van der Waals surface area contributed by atoms with Gasteiger partial charge in [-0.2, -0.15) is 0 Å². The monoisotopic (exact) mass is 394 g/mol. The number of urea groups is 1. The summed E-state index contributed by atoms with van der Waals surface area (Å²) >= 11 is 0. The fourth-order valence-corrected chi connectivity index (χ4v) is 3.33. The predicted molar refractivity (Wildman–Crippen MR) is 109 cm³/mol. The molecule has 1 atom stereocenters. The van der Waals surface area contributed by atoms with Crippen LogP contribution >= 0.6 is 0 Å². The quantitative estimate of drug-likeness (QED) is 0.615. The maximum Gasteiger partial charge on any atom is 0.314 e. The van der Waals surface area contributed by atoms with E-state index in [0.717, 1.165) is 38.3 Å². The molecular weight excluding hydrogens is 360 g/mol. The number of aliphatic hydroxyl groups is 1. The van der Waals surface area contributed by atoms with Crippen molar-refractivity contribution in [3.63, 3.8) is 0 Å². The van der Waals surface area contributed by atoms with Gasteiger partial charge in [-0.1, -0.05) is 19.9 Å². The van der Waals surface area contributed by atoms with E-state index in [9.17, 15) is 9.90 Å². The number of carbonyl (C=O) groups is 1. The molecule has 1 heterocycles. The Morgan fingerprint density at radius 3 is 2.46 bits per heavy atom. The van der Waals surface area contributed by atoms with Gasteiger partial charge in [0.25, 0.3) is 0 Å². The zero-order valence-electron chi connectivity index (χ0n) is 17.3. The van der Waals surface area contributed by atoms with E-state index in [2.05, 4.69) is 23.6 Å². The van der Waals surface area contributed by atoms with Gasteiger partial charge in [-0.25, -0.2) is 4.79 Å². The third-order valence-electron chi connectivity index (χ3n) is 5.11. The van der Waals surface area contributed by atoms with Crippen LogP contribution in [0.5, 0.6) is 11.5 Å². The Morgan fingerprint density at radius 1 is 1.21 bits per heavy atom. The van der Waals surface area contributed by atoms with Crippen molar-refractivity contribution in [2.24, 2.45) is 5.73 Å². The normalized spacial score (nSPS) is 16.2. The number of benzene rings is 1. The van der Waals surface area contributed by atoms with Crippen molar-refractivity contribution in [2.45, 2.75) is 26.5 Å². The second-order valence-electron chi connectivity index (χ2n) is 7.04. The van der Waals surface area contributed by atoms with Crippen molar-refractivity contribution in [3.05, 3.63) is 23.8 Å². The first-order chi connectivity index (χ1) is 13.5. The molecule has 2 amide bonds. The molecule has 0 aliphatic carbocycles. The number of hydrogen-bond donors (Lipinski definition) is 2. The fraction of sp³-hybridized carbons (Fsp3) is 0.650. The molecule has 158 valence electrons. The highest BCUT2D eigenvalue weighted by molar-refractivity contribution is 5.72. The number of primary amides is 1. The minimum atomic E-state index is -0.550. The molecule has 0 spiro atoms. The predicted octanol–water partition coefficient (Wildman–Crippen LogP) is 0.973. The number of nitrogens with two attached hydrogens (primary N) is 1. The fourth-order valence-electron chi connectivity index (χ4n) is 3.33. The summed E-state index contributed by atoms with van der Waals surface area (Å²) in [7, 11) is 1.62. The van der Waals surface area contributed by atoms with Crippen molar-refractivity contribution >= 4 is 6.03 Å². The number of amides is 2. The number of hydrogen-bond acceptors (Lipinski definition) is 6. The van der Waals surface area contributed by atoms with E-state index in [1.54, 1.807) is 12.0 Å². The van der Waals surface area contributed by atoms with Crippen molar-refractivity contribution in [3.8, 4) is 11.5 Å². The summed E-state index contributed by atoms with van der Waals surface area (Å²) in [6, 6.07) is 5.51. The highest BCUT2D eigenvalue weighted by Crippen LogP contribution is 2.29. The van der Waals surface area contributed by atoms with Gasteiger partial charge in [0.1, 0.15) is 12.7 Å². The maximum absolute atomic E-state index is 11.2. The van der Waals surface area contributed by atoms with Crippen LogP contribution in [0.4, 0.5) is 4.79 Å². The third kappa shape index (κ3) is 6.54. The van der Waals surface area contributed by atoms with Crippen LogP contribution in [-0.4, -0.2) is 91.5 Å². The molecule has 1 saturated heterocycles. The van der Waals surface area contributed by atoms with Gasteiger partial charge < -0.3 is 30.1 Å². The van der Waals surface area contributed by atoms with Crippen molar-refractivity contribution in [1.82, 2.24) is 14.7 Å². The smallest absolute Gasteiger partial charge is 0.314 e. The van der Waals surface area contributed by atoms with Crippen molar-refractivity contribution in [2.75, 3.05) is 59.5 Å². The molecule has 0 radical (unpaired) electrons. The number of ether oxygens (including phenoxy) is 2. The Bertz CT molecular complexity index is 616.